The van der Waals surface area contributed by atoms with Gasteiger partial charge in [-0.05, 0) is 24.3 Å². The van der Waals surface area contributed by atoms with Crippen LogP contribution < -0.4 is 5.32 Å². The van der Waals surface area contributed by atoms with Gasteiger partial charge in [0.2, 0.25) is 0 Å². The van der Waals surface area contributed by atoms with Crippen LogP contribution in [0.4, 0.5) is 10.1 Å². The highest BCUT2D eigenvalue weighted by molar-refractivity contribution is 7.88. The molecule has 0 unspecified atom stereocenters. The monoisotopic (exact) mass is 438 g/mol. The van der Waals surface area contributed by atoms with E-state index >= 15 is 0 Å². The van der Waals surface area contributed by atoms with Gasteiger partial charge in [-0.1, -0.05) is 11.6 Å². The molecule has 0 saturated heterocycles. The Kier molecular flexibility index (Phi) is 5.79. The van der Waals surface area contributed by atoms with Crippen LogP contribution in [0.3, 0.4) is 0 Å². The normalized spacial score (nSPS) is 15.4. The van der Waals surface area contributed by atoms with Crippen molar-refractivity contribution < 1.29 is 17.6 Å². The van der Waals surface area contributed by atoms with E-state index in [1.165, 1.54) is 35.7 Å². The van der Waals surface area contributed by atoms with Gasteiger partial charge in [-0.15, -0.1) is 28.1 Å². The minimum atomic E-state index is -4.20. The van der Waals surface area contributed by atoms with Crippen LogP contribution in [-0.2, 0) is 15.0 Å². The summed E-state index contributed by atoms with van der Waals surface area (Å²) in [6.45, 7) is -0.128. The van der Waals surface area contributed by atoms with Crippen molar-refractivity contribution in [1.82, 2.24) is 9.29 Å². The highest BCUT2D eigenvalue weighted by atomic mass is 35.5. The number of allylic oxidation sites excluding steroid dienone is 1. The van der Waals surface area contributed by atoms with Crippen molar-refractivity contribution in [3.63, 3.8) is 0 Å². The third-order valence-corrected chi connectivity index (χ3v) is 6.00. The zero-order chi connectivity index (χ0) is 20.3. The number of hydrogen-bond donors (Lipinski definition) is 1. The van der Waals surface area contributed by atoms with Crippen LogP contribution in [0, 0.1) is 18.2 Å². The summed E-state index contributed by atoms with van der Waals surface area (Å²) < 4.78 is 43.1. The number of terminal acetylenes is 1. The van der Waals surface area contributed by atoms with Crippen LogP contribution in [0.5, 0.6) is 0 Å². The number of hydrogen-bond acceptors (Lipinski definition) is 5. The average molecular weight is 439 g/mol. The number of amides is 1. The first-order valence-corrected chi connectivity index (χ1v) is 10.4. The summed E-state index contributed by atoms with van der Waals surface area (Å²) in [7, 11) is -4.20. The zero-order valence-corrected chi connectivity index (χ0v) is 16.5. The number of nitrogens with zero attached hydrogens (tertiary/aromatic N) is 3. The number of aromatic nitrogens is 1. The number of carbonyl (C=O) groups excluding carboxylic acids is 1. The molecule has 0 spiro atoms. The lowest BCUT2D eigenvalue weighted by molar-refractivity contribution is -0.113. The highest BCUT2D eigenvalue weighted by Crippen LogP contribution is 2.25. The summed E-state index contributed by atoms with van der Waals surface area (Å²) in [6.07, 6.45) is 8.12. The summed E-state index contributed by atoms with van der Waals surface area (Å²) >= 11 is 6.90. The number of halogens is 2. The fourth-order valence-corrected chi connectivity index (χ4v) is 4.35. The quantitative estimate of drug-likeness (QED) is 0.726. The lowest BCUT2D eigenvalue weighted by Gasteiger charge is -2.26. The number of thiazole rings is 1. The Hall–Kier alpha value is -2.74. The van der Waals surface area contributed by atoms with Crippen molar-refractivity contribution in [1.29, 1.82) is 0 Å². The number of benzene rings is 1. The number of carbonyl (C=O) groups is 1. The summed E-state index contributed by atoms with van der Waals surface area (Å²) in [5, 5.41) is 4.32. The molecular formula is C17H12ClFN4O3S2. The summed E-state index contributed by atoms with van der Waals surface area (Å²) in [6, 6.07) is 3.61. The molecular weight excluding hydrogens is 427 g/mol. The number of nitrogens with one attached hydrogen (secondary N) is 1. The summed E-state index contributed by atoms with van der Waals surface area (Å²) in [5.41, 5.74) is 0.0510. The van der Waals surface area contributed by atoms with Crippen molar-refractivity contribution in [3.05, 3.63) is 57.4 Å². The van der Waals surface area contributed by atoms with E-state index in [0.29, 0.717) is 5.01 Å². The number of anilines is 1. The first-order chi connectivity index (χ1) is 13.3. The van der Waals surface area contributed by atoms with Crippen LogP contribution in [0.1, 0.15) is 11.4 Å². The molecule has 0 fully saturated rings. The molecule has 1 amide bonds. The molecule has 144 valence electrons. The van der Waals surface area contributed by atoms with Crippen molar-refractivity contribution in [3.8, 4) is 12.3 Å². The molecule has 0 atom stereocenters. The van der Waals surface area contributed by atoms with Crippen LogP contribution >= 0.6 is 22.9 Å². The third-order valence-electron chi connectivity index (χ3n) is 3.56. The Morgan fingerprint density at radius 1 is 1.43 bits per heavy atom. The molecule has 11 heteroatoms. The van der Waals surface area contributed by atoms with E-state index in [1.54, 1.807) is 5.38 Å². The van der Waals surface area contributed by atoms with Gasteiger partial charge in [0, 0.05) is 30.2 Å². The van der Waals surface area contributed by atoms with Crippen LogP contribution in [-0.4, -0.2) is 35.9 Å². The van der Waals surface area contributed by atoms with Gasteiger partial charge in [0.15, 0.2) is 0 Å². The van der Waals surface area contributed by atoms with Gasteiger partial charge in [-0.25, -0.2) is 13.7 Å². The molecule has 28 heavy (non-hydrogen) atoms. The maximum Gasteiger partial charge on any atom is 0.345 e. The van der Waals surface area contributed by atoms with Crippen molar-refractivity contribution >= 4 is 50.5 Å². The largest absolute Gasteiger partial charge is 0.345 e. The van der Waals surface area contributed by atoms with E-state index in [2.05, 4.69) is 20.6 Å². The Bertz CT molecular complexity index is 1120. The Balaban J connectivity index is 1.99. The maximum absolute atomic E-state index is 13.3. The lowest BCUT2D eigenvalue weighted by atomic mass is 10.2. The van der Waals surface area contributed by atoms with Crippen LogP contribution in [0.2, 0.25) is 5.02 Å². The first-order valence-electron chi connectivity index (χ1n) is 7.76. The number of rotatable bonds is 5. The molecule has 1 N–H and O–H groups in total. The predicted molar refractivity (Wildman–Crippen MR) is 106 cm³/mol. The Labute approximate surface area is 169 Å². The molecule has 0 aliphatic carbocycles. The minimum Gasteiger partial charge on any atom is -0.321 e. The second-order valence-corrected chi connectivity index (χ2v) is 8.25. The molecule has 0 saturated carbocycles. The standard InChI is InChI=1S/C17H12ClFN4O3S2/c1-2-3-7-23-15(16(24)21-11-4-5-13(19)12(18)9-11)10-14(22-28(23,25)26)17-20-6-8-27-17/h1,4-6,8-10H,3,7H2,(H,21,24). The van der Waals surface area contributed by atoms with E-state index in [0.717, 1.165) is 10.4 Å². The van der Waals surface area contributed by atoms with Crippen LogP contribution in [0.25, 0.3) is 0 Å². The van der Waals surface area contributed by atoms with Crippen molar-refractivity contribution in [2.75, 3.05) is 11.9 Å². The molecule has 0 bridgehead atoms. The highest BCUT2D eigenvalue weighted by Gasteiger charge is 2.33. The topological polar surface area (TPSA) is 91.7 Å². The van der Waals surface area contributed by atoms with Gasteiger partial charge in [0.1, 0.15) is 22.2 Å². The van der Waals surface area contributed by atoms with E-state index in [9.17, 15) is 17.6 Å². The second kappa shape index (κ2) is 8.10. The molecule has 7 nitrogen and oxygen atoms in total. The third kappa shape index (κ3) is 4.22. The van der Waals surface area contributed by atoms with E-state index in [-0.39, 0.29) is 35.1 Å². The fourth-order valence-electron chi connectivity index (χ4n) is 2.33. The minimum absolute atomic E-state index is 0.0363. The van der Waals surface area contributed by atoms with Gasteiger partial charge in [-0.3, -0.25) is 4.79 Å². The lowest BCUT2D eigenvalue weighted by Crippen LogP contribution is -2.39. The van der Waals surface area contributed by atoms with Crippen molar-refractivity contribution in [2.45, 2.75) is 6.42 Å². The van der Waals surface area contributed by atoms with Crippen LogP contribution in [0.15, 0.2) is 45.9 Å². The molecule has 1 aromatic carbocycles. The maximum atomic E-state index is 13.3. The average Bonchev–Trinajstić information content (AvgIpc) is 3.17. The fraction of sp³-hybridized carbons (Fsp3) is 0.118. The summed E-state index contributed by atoms with van der Waals surface area (Å²) in [4.78, 5) is 16.8. The Morgan fingerprint density at radius 3 is 2.86 bits per heavy atom. The van der Waals surface area contributed by atoms with E-state index in [1.807, 2.05) is 0 Å². The smallest absolute Gasteiger partial charge is 0.321 e. The molecule has 2 aromatic rings. The molecule has 1 aromatic heterocycles. The second-order valence-electron chi connectivity index (χ2n) is 5.43. The zero-order valence-electron chi connectivity index (χ0n) is 14.1. The summed E-state index contributed by atoms with van der Waals surface area (Å²) in [5.74, 6) is 0.943. The van der Waals surface area contributed by atoms with Crippen molar-refractivity contribution in [2.24, 2.45) is 4.40 Å². The Morgan fingerprint density at radius 2 is 2.21 bits per heavy atom. The van der Waals surface area contributed by atoms with E-state index < -0.39 is 21.9 Å². The molecule has 1 aliphatic heterocycles. The molecule has 1 aliphatic rings. The predicted octanol–water partition coefficient (Wildman–Crippen LogP) is 2.83. The SMILES string of the molecule is C#CCCN1C(C(=O)Nc2ccc(F)c(Cl)c2)=CC(c2nccs2)=NS1(=O)=O. The van der Waals surface area contributed by atoms with Gasteiger partial charge in [-0.2, -0.15) is 8.42 Å². The van der Waals surface area contributed by atoms with Gasteiger partial charge < -0.3 is 5.32 Å². The van der Waals surface area contributed by atoms with Gasteiger partial charge in [0.05, 0.1) is 5.02 Å². The molecule has 0 radical (unpaired) electrons. The van der Waals surface area contributed by atoms with Gasteiger partial charge >= 0.3 is 10.2 Å². The van der Waals surface area contributed by atoms with Gasteiger partial charge in [0.25, 0.3) is 5.91 Å². The molecule has 3 rings (SSSR count). The first kappa shape index (κ1) is 20.0. The van der Waals surface area contributed by atoms with E-state index in [4.69, 9.17) is 18.0 Å². The molecule has 2 heterocycles.